The Kier molecular flexibility index (Phi) is 4.81. The monoisotopic (exact) mass is 308 g/mol. The van der Waals surface area contributed by atoms with Gasteiger partial charge in [-0.15, -0.1) is 0 Å². The van der Waals surface area contributed by atoms with Gasteiger partial charge in [0.05, 0.1) is 17.6 Å². The molecule has 0 saturated carbocycles. The van der Waals surface area contributed by atoms with Gasteiger partial charge in [-0.1, -0.05) is 0 Å². The lowest BCUT2D eigenvalue weighted by Gasteiger charge is -2.35. The van der Waals surface area contributed by atoms with E-state index in [1.807, 2.05) is 17.2 Å². The van der Waals surface area contributed by atoms with E-state index < -0.39 is 10.8 Å². The third-order valence-electron chi connectivity index (χ3n) is 3.98. The fourth-order valence-corrected chi connectivity index (χ4v) is 2.81. The van der Waals surface area contributed by atoms with Crippen molar-refractivity contribution in [2.45, 2.75) is 32.2 Å². The average Bonchev–Trinajstić information content (AvgIpc) is 2.53. The minimum Gasteiger partial charge on any atom is -0.496 e. The maximum absolute atomic E-state index is 11.8. The van der Waals surface area contributed by atoms with Gasteiger partial charge in [-0.05, 0) is 26.2 Å². The molecule has 1 fully saturated rings. The fourth-order valence-electron chi connectivity index (χ4n) is 2.81. The SMILES string of the molecule is COc1cc(N2CCCC[C@@H]2C)c([N+](=O)[O-])cc1C(=O)NN. The molecule has 0 aromatic heterocycles. The van der Waals surface area contributed by atoms with Gasteiger partial charge < -0.3 is 9.64 Å². The van der Waals surface area contributed by atoms with Crippen LogP contribution in [0.5, 0.6) is 5.75 Å². The number of hydrazine groups is 1. The van der Waals surface area contributed by atoms with E-state index in [1.165, 1.54) is 13.2 Å². The summed E-state index contributed by atoms with van der Waals surface area (Å²) in [5, 5.41) is 11.4. The largest absolute Gasteiger partial charge is 0.496 e. The Balaban J connectivity index is 2.57. The molecule has 1 aliphatic rings. The number of nitrogens with zero attached hydrogens (tertiary/aromatic N) is 2. The van der Waals surface area contributed by atoms with Gasteiger partial charge in [0, 0.05) is 24.7 Å². The number of carbonyl (C=O) groups excluding carboxylic acids is 1. The highest BCUT2D eigenvalue weighted by molar-refractivity contribution is 5.98. The molecule has 0 spiro atoms. The molecule has 0 bridgehead atoms. The normalized spacial score (nSPS) is 18.0. The van der Waals surface area contributed by atoms with E-state index in [1.54, 1.807) is 6.07 Å². The second-order valence-electron chi connectivity index (χ2n) is 5.31. The number of nitrogen functional groups attached to an aromatic ring is 1. The lowest BCUT2D eigenvalue weighted by atomic mass is 10.0. The number of rotatable bonds is 4. The van der Waals surface area contributed by atoms with Crippen LogP contribution in [0.25, 0.3) is 0 Å². The molecule has 1 amide bonds. The standard InChI is InChI=1S/C14H20N4O4/c1-9-5-3-4-6-17(9)11-8-13(22-2)10(14(19)16-15)7-12(11)18(20)21/h7-9H,3-6,15H2,1-2H3,(H,16,19)/t9-/m0/s1. The fraction of sp³-hybridized carbons (Fsp3) is 0.500. The predicted octanol–water partition coefficient (Wildman–Crippen LogP) is 1.59. The molecule has 2 rings (SSSR count). The minimum atomic E-state index is -0.627. The first-order chi connectivity index (χ1) is 10.5. The summed E-state index contributed by atoms with van der Waals surface area (Å²) < 4.78 is 5.20. The van der Waals surface area contributed by atoms with Crippen molar-refractivity contribution < 1.29 is 14.5 Å². The Bertz CT molecular complexity index is 590. The maximum Gasteiger partial charge on any atom is 0.293 e. The summed E-state index contributed by atoms with van der Waals surface area (Å²) in [7, 11) is 1.41. The summed E-state index contributed by atoms with van der Waals surface area (Å²) >= 11 is 0. The van der Waals surface area contributed by atoms with Crippen molar-refractivity contribution in [3.8, 4) is 5.75 Å². The highest BCUT2D eigenvalue weighted by atomic mass is 16.6. The number of amides is 1. The molecule has 8 nitrogen and oxygen atoms in total. The van der Waals surface area contributed by atoms with Crippen LogP contribution in [-0.4, -0.2) is 30.5 Å². The van der Waals surface area contributed by atoms with E-state index in [2.05, 4.69) is 0 Å². The summed E-state index contributed by atoms with van der Waals surface area (Å²) in [6, 6.07) is 2.97. The van der Waals surface area contributed by atoms with Crippen molar-refractivity contribution in [2.75, 3.05) is 18.6 Å². The molecule has 120 valence electrons. The molecule has 0 radical (unpaired) electrons. The van der Waals surface area contributed by atoms with Crippen LogP contribution in [-0.2, 0) is 0 Å². The van der Waals surface area contributed by atoms with E-state index in [0.717, 1.165) is 25.8 Å². The Morgan fingerprint density at radius 1 is 1.50 bits per heavy atom. The highest BCUT2D eigenvalue weighted by Gasteiger charge is 2.29. The predicted molar refractivity (Wildman–Crippen MR) is 82.0 cm³/mol. The summed E-state index contributed by atoms with van der Waals surface area (Å²) in [6.07, 6.45) is 3.07. The molecule has 8 heteroatoms. The van der Waals surface area contributed by atoms with Crippen LogP contribution in [0.15, 0.2) is 12.1 Å². The average molecular weight is 308 g/mol. The molecule has 0 aliphatic carbocycles. The maximum atomic E-state index is 11.8. The number of nitrogens with one attached hydrogen (secondary N) is 1. The van der Waals surface area contributed by atoms with Gasteiger partial charge in [-0.25, -0.2) is 5.84 Å². The van der Waals surface area contributed by atoms with E-state index in [9.17, 15) is 14.9 Å². The lowest BCUT2D eigenvalue weighted by Crippen LogP contribution is -2.38. The van der Waals surface area contributed by atoms with Crippen molar-refractivity contribution in [2.24, 2.45) is 5.84 Å². The first kappa shape index (κ1) is 16.0. The second kappa shape index (κ2) is 6.61. The highest BCUT2D eigenvalue weighted by Crippen LogP contribution is 2.38. The summed E-state index contributed by atoms with van der Waals surface area (Å²) in [5.41, 5.74) is 2.38. The van der Waals surface area contributed by atoms with Crippen LogP contribution in [0.4, 0.5) is 11.4 Å². The molecule has 1 aromatic carbocycles. The van der Waals surface area contributed by atoms with Gasteiger partial charge in [0.2, 0.25) is 0 Å². The number of nitro benzene ring substituents is 1. The van der Waals surface area contributed by atoms with Crippen molar-refractivity contribution in [1.29, 1.82) is 0 Å². The van der Waals surface area contributed by atoms with E-state index in [-0.39, 0.29) is 23.0 Å². The zero-order chi connectivity index (χ0) is 16.3. The van der Waals surface area contributed by atoms with E-state index in [4.69, 9.17) is 10.6 Å². The number of anilines is 1. The molecule has 1 aromatic rings. The van der Waals surface area contributed by atoms with Gasteiger partial charge in [0.15, 0.2) is 0 Å². The smallest absolute Gasteiger partial charge is 0.293 e. The van der Waals surface area contributed by atoms with Crippen molar-refractivity contribution in [3.05, 3.63) is 27.8 Å². The number of nitrogens with two attached hydrogens (primary N) is 1. The Hall–Kier alpha value is -2.35. The van der Waals surface area contributed by atoms with E-state index >= 15 is 0 Å². The van der Waals surface area contributed by atoms with Crippen molar-refractivity contribution in [3.63, 3.8) is 0 Å². The van der Waals surface area contributed by atoms with Crippen LogP contribution in [0, 0.1) is 10.1 Å². The molecular weight excluding hydrogens is 288 g/mol. The minimum absolute atomic E-state index is 0.0464. The quantitative estimate of drug-likeness (QED) is 0.378. The Morgan fingerprint density at radius 3 is 2.77 bits per heavy atom. The number of benzene rings is 1. The second-order valence-corrected chi connectivity index (χ2v) is 5.31. The summed E-state index contributed by atoms with van der Waals surface area (Å²) in [4.78, 5) is 24.7. The van der Waals surface area contributed by atoms with Gasteiger partial charge in [0.1, 0.15) is 11.4 Å². The van der Waals surface area contributed by atoms with Crippen LogP contribution < -0.4 is 20.9 Å². The molecule has 0 unspecified atom stereocenters. The molecule has 3 N–H and O–H groups in total. The van der Waals surface area contributed by atoms with Crippen LogP contribution >= 0.6 is 0 Å². The molecule has 1 saturated heterocycles. The molecule has 1 atom stereocenters. The van der Waals surface area contributed by atoms with Crippen LogP contribution in [0.2, 0.25) is 0 Å². The van der Waals surface area contributed by atoms with Crippen LogP contribution in [0.3, 0.4) is 0 Å². The van der Waals surface area contributed by atoms with Crippen LogP contribution in [0.1, 0.15) is 36.5 Å². The number of carbonyl (C=O) groups is 1. The third-order valence-corrected chi connectivity index (χ3v) is 3.98. The number of hydrogen-bond donors (Lipinski definition) is 2. The number of nitro groups is 1. The van der Waals surface area contributed by atoms with Gasteiger partial charge in [-0.3, -0.25) is 20.3 Å². The van der Waals surface area contributed by atoms with Gasteiger partial charge >= 0.3 is 0 Å². The summed E-state index contributed by atoms with van der Waals surface area (Å²) in [5.74, 6) is 4.76. The molecule has 22 heavy (non-hydrogen) atoms. The van der Waals surface area contributed by atoms with E-state index in [0.29, 0.717) is 5.69 Å². The molecule has 1 aliphatic heterocycles. The first-order valence-electron chi connectivity index (χ1n) is 7.13. The Labute approximate surface area is 128 Å². The number of hydrogen-bond acceptors (Lipinski definition) is 6. The molecule has 1 heterocycles. The van der Waals surface area contributed by atoms with Crippen molar-refractivity contribution >= 4 is 17.3 Å². The first-order valence-corrected chi connectivity index (χ1v) is 7.13. The number of methoxy groups -OCH3 is 1. The Morgan fingerprint density at radius 2 is 2.23 bits per heavy atom. The third kappa shape index (κ3) is 2.96. The van der Waals surface area contributed by atoms with Gasteiger partial charge in [-0.2, -0.15) is 0 Å². The summed E-state index contributed by atoms with van der Waals surface area (Å²) in [6.45, 7) is 2.78. The zero-order valence-electron chi connectivity index (χ0n) is 12.7. The van der Waals surface area contributed by atoms with Crippen molar-refractivity contribution in [1.82, 2.24) is 5.43 Å². The topological polar surface area (TPSA) is 111 Å². The number of ether oxygens (including phenoxy) is 1. The van der Waals surface area contributed by atoms with Gasteiger partial charge in [0.25, 0.3) is 11.6 Å². The lowest BCUT2D eigenvalue weighted by molar-refractivity contribution is -0.384. The number of piperidine rings is 1. The zero-order valence-corrected chi connectivity index (χ0v) is 12.7. The molecular formula is C14H20N4O4.